The van der Waals surface area contributed by atoms with Gasteiger partial charge in [0.1, 0.15) is 0 Å². The number of nitrogens with zero attached hydrogens (tertiary/aromatic N) is 2. The summed E-state index contributed by atoms with van der Waals surface area (Å²) < 4.78 is 0. The van der Waals surface area contributed by atoms with E-state index >= 15 is 0 Å². The molecule has 0 aliphatic carbocycles. The maximum Gasteiger partial charge on any atom is 0.0748 e. The molecule has 0 N–H and O–H groups in total. The van der Waals surface area contributed by atoms with Gasteiger partial charge in [-0.1, -0.05) is 310 Å². The van der Waals surface area contributed by atoms with Crippen LogP contribution in [0.2, 0.25) is 0 Å². The molecule has 0 fully saturated rings. The van der Waals surface area contributed by atoms with Crippen molar-refractivity contribution < 1.29 is 0 Å². The standard InChI is InChI=1S/C89H64N2/c1-3-5-36-63(4-2)88(64-37-14-7-15-38-64)79-55-26-28-57-81(79)90(67-43-20-10-21-44-67)83-59-32-53-75(86(83)88)70-49-30-51-73-77(70)61-78-71(50-31-52-74(78)85(73)72-48-25-24-47-69(72)62-34-12-6-13-35-62)76-54-33-60-84-87(76)89(65-39-16-8-17-40-65,66-41-18-9-19-42-66)80-56-27-29-58-82(80)91(84)68-45-22-11-23-46-68/h3-61H,1H2,2H3/b36-5-,63-4+. The molecule has 1 unspecified atom stereocenters. The molecule has 0 bridgehead atoms. The van der Waals surface area contributed by atoms with E-state index in [0.717, 1.165) is 72.7 Å². The van der Waals surface area contributed by atoms with Crippen molar-refractivity contribution in [3.63, 3.8) is 0 Å². The number of hydrogen-bond acceptors (Lipinski definition) is 2. The molecule has 2 heteroatoms. The molecule has 430 valence electrons. The summed E-state index contributed by atoms with van der Waals surface area (Å²) in [5.41, 5.74) is 24.0. The predicted molar refractivity (Wildman–Crippen MR) is 384 cm³/mol. The Kier molecular flexibility index (Phi) is 13.8. The summed E-state index contributed by atoms with van der Waals surface area (Å²) in [7, 11) is 0. The molecule has 14 aromatic carbocycles. The van der Waals surface area contributed by atoms with Gasteiger partial charge in [0, 0.05) is 22.5 Å². The van der Waals surface area contributed by atoms with E-state index in [1.165, 1.54) is 72.0 Å². The Balaban J connectivity index is 1.08. The lowest BCUT2D eigenvalue weighted by Gasteiger charge is -2.48. The Morgan fingerprint density at radius 1 is 0.330 bits per heavy atom. The van der Waals surface area contributed by atoms with Gasteiger partial charge in [-0.15, -0.1) is 0 Å². The van der Waals surface area contributed by atoms with E-state index in [4.69, 9.17) is 0 Å². The molecule has 2 nitrogen and oxygen atoms in total. The Hall–Kier alpha value is -11.6. The molecule has 0 radical (unpaired) electrons. The van der Waals surface area contributed by atoms with Crippen LogP contribution in [0.15, 0.2) is 370 Å². The second kappa shape index (κ2) is 22.9. The van der Waals surface area contributed by atoms with Crippen LogP contribution in [0.5, 0.6) is 0 Å². The monoisotopic (exact) mass is 1160 g/mol. The Labute approximate surface area is 533 Å². The van der Waals surface area contributed by atoms with Gasteiger partial charge in [0.25, 0.3) is 0 Å². The van der Waals surface area contributed by atoms with Crippen molar-refractivity contribution >= 4 is 55.7 Å². The molecule has 2 heterocycles. The van der Waals surface area contributed by atoms with E-state index in [1.807, 2.05) is 6.08 Å². The van der Waals surface area contributed by atoms with Gasteiger partial charge in [-0.2, -0.15) is 0 Å². The minimum Gasteiger partial charge on any atom is -0.310 e. The van der Waals surface area contributed by atoms with E-state index in [9.17, 15) is 0 Å². The summed E-state index contributed by atoms with van der Waals surface area (Å²) in [4.78, 5) is 4.98. The second-order valence-electron chi connectivity index (χ2n) is 23.7. The van der Waals surface area contributed by atoms with Gasteiger partial charge in [-0.3, -0.25) is 0 Å². The summed E-state index contributed by atoms with van der Waals surface area (Å²) in [6.45, 7) is 6.41. The zero-order chi connectivity index (χ0) is 60.9. The first kappa shape index (κ1) is 54.8. The quantitative estimate of drug-likeness (QED) is 0.0889. The third kappa shape index (κ3) is 8.55. The number of anilines is 6. The summed E-state index contributed by atoms with van der Waals surface area (Å²) in [6, 6.07) is 124. The second-order valence-corrected chi connectivity index (χ2v) is 23.7. The molecule has 0 saturated carbocycles. The molecule has 0 aromatic heterocycles. The van der Waals surface area contributed by atoms with Crippen molar-refractivity contribution in [3.05, 3.63) is 409 Å². The predicted octanol–water partition coefficient (Wildman–Crippen LogP) is 23.6. The van der Waals surface area contributed by atoms with Gasteiger partial charge in [0.2, 0.25) is 0 Å². The van der Waals surface area contributed by atoms with Gasteiger partial charge >= 0.3 is 0 Å². The van der Waals surface area contributed by atoms with E-state index in [1.54, 1.807) is 0 Å². The summed E-state index contributed by atoms with van der Waals surface area (Å²) in [5.74, 6) is 0. The van der Waals surface area contributed by atoms with Crippen LogP contribution >= 0.6 is 0 Å². The minimum atomic E-state index is -0.807. The third-order valence-electron chi connectivity index (χ3n) is 19.1. The lowest BCUT2D eigenvalue weighted by molar-refractivity contribution is 0.730. The maximum absolute atomic E-state index is 4.22. The van der Waals surface area contributed by atoms with Gasteiger partial charge < -0.3 is 9.80 Å². The molecule has 0 saturated heterocycles. The van der Waals surface area contributed by atoms with Crippen LogP contribution in [0, 0.1) is 0 Å². The molecular weight excluding hydrogens is 1100 g/mol. The highest BCUT2D eigenvalue weighted by atomic mass is 15.2. The maximum atomic E-state index is 4.22. The van der Waals surface area contributed by atoms with Crippen molar-refractivity contribution in [3.8, 4) is 44.5 Å². The normalized spacial score (nSPS) is 14.8. The SMILES string of the molecule is C=C/C=C\C(=C/C)C1(c2ccccc2)c2ccccc2N(c2ccccc2)c2cccc(-c3cccc4c(-c5ccccc5-c5ccccc5)c5cccc(-c6cccc7c6C(c6ccccc6)(c6ccccc6)c6ccccc6N7c6ccccc6)c5cc34)c21. The summed E-state index contributed by atoms with van der Waals surface area (Å²) in [6.07, 6.45) is 8.58. The number of fused-ring (bicyclic) bond motifs is 6. The molecule has 0 spiro atoms. The van der Waals surface area contributed by atoms with Crippen molar-refractivity contribution in [2.24, 2.45) is 0 Å². The molecule has 91 heavy (non-hydrogen) atoms. The van der Waals surface area contributed by atoms with Crippen LogP contribution in [-0.2, 0) is 10.8 Å². The van der Waals surface area contributed by atoms with Crippen molar-refractivity contribution in [1.29, 1.82) is 0 Å². The highest BCUT2D eigenvalue weighted by Crippen LogP contribution is 2.63. The minimum absolute atomic E-state index is 0.765. The highest BCUT2D eigenvalue weighted by molar-refractivity contribution is 6.21. The van der Waals surface area contributed by atoms with Crippen LogP contribution in [0.25, 0.3) is 66.1 Å². The molecule has 16 rings (SSSR count). The Bertz CT molecular complexity index is 5090. The van der Waals surface area contributed by atoms with Gasteiger partial charge in [-0.05, 0) is 161 Å². The van der Waals surface area contributed by atoms with Gasteiger partial charge in [-0.25, -0.2) is 0 Å². The van der Waals surface area contributed by atoms with E-state index in [-0.39, 0.29) is 0 Å². The molecule has 2 aliphatic heterocycles. The van der Waals surface area contributed by atoms with Crippen LogP contribution in [-0.4, -0.2) is 0 Å². The summed E-state index contributed by atoms with van der Waals surface area (Å²) >= 11 is 0. The number of rotatable bonds is 12. The molecule has 0 amide bonds. The number of para-hydroxylation sites is 4. The molecule has 1 atom stereocenters. The van der Waals surface area contributed by atoms with Crippen LogP contribution < -0.4 is 9.80 Å². The van der Waals surface area contributed by atoms with E-state index < -0.39 is 10.8 Å². The first-order chi connectivity index (χ1) is 45.1. The fourth-order valence-electron chi connectivity index (χ4n) is 15.6. The largest absolute Gasteiger partial charge is 0.310 e. The molecular formula is C89H64N2. The van der Waals surface area contributed by atoms with Crippen LogP contribution in [0.1, 0.15) is 45.9 Å². The zero-order valence-corrected chi connectivity index (χ0v) is 50.7. The van der Waals surface area contributed by atoms with Gasteiger partial charge in [0.05, 0.1) is 33.6 Å². The fourth-order valence-corrected chi connectivity index (χ4v) is 15.6. The van der Waals surface area contributed by atoms with Crippen LogP contribution in [0.4, 0.5) is 34.1 Å². The highest BCUT2D eigenvalue weighted by Gasteiger charge is 2.50. The van der Waals surface area contributed by atoms with Gasteiger partial charge in [0.15, 0.2) is 0 Å². The van der Waals surface area contributed by atoms with Crippen molar-refractivity contribution in [2.75, 3.05) is 9.80 Å². The molecule has 14 aromatic rings. The fraction of sp³-hybridized carbons (Fsp3) is 0.0337. The smallest absolute Gasteiger partial charge is 0.0748 e. The first-order valence-electron chi connectivity index (χ1n) is 31.6. The van der Waals surface area contributed by atoms with Crippen molar-refractivity contribution in [1.82, 2.24) is 0 Å². The lowest BCUT2D eigenvalue weighted by Crippen LogP contribution is -2.38. The number of benzene rings is 14. The van der Waals surface area contributed by atoms with Crippen LogP contribution in [0.3, 0.4) is 0 Å². The van der Waals surface area contributed by atoms with E-state index in [0.29, 0.717) is 0 Å². The zero-order valence-electron chi connectivity index (χ0n) is 50.7. The number of allylic oxidation sites excluding steroid dienone is 5. The topological polar surface area (TPSA) is 6.48 Å². The summed E-state index contributed by atoms with van der Waals surface area (Å²) in [5, 5.41) is 4.66. The average molecular weight is 1160 g/mol. The Morgan fingerprint density at radius 3 is 1.26 bits per heavy atom. The Morgan fingerprint density at radius 2 is 0.725 bits per heavy atom. The lowest BCUT2D eigenvalue weighted by atomic mass is 9.60. The van der Waals surface area contributed by atoms with Crippen molar-refractivity contribution in [2.45, 2.75) is 17.8 Å². The van der Waals surface area contributed by atoms with E-state index in [2.05, 4.69) is 375 Å². The molecule has 2 aliphatic rings. The first-order valence-corrected chi connectivity index (χ1v) is 31.6. The average Bonchev–Trinajstić information content (AvgIpc) is 0.740. The third-order valence-corrected chi connectivity index (χ3v) is 19.1. The number of hydrogen-bond donors (Lipinski definition) is 0.